The van der Waals surface area contributed by atoms with Crippen LogP contribution in [0.1, 0.15) is 22.8 Å². The summed E-state index contributed by atoms with van der Waals surface area (Å²) in [7, 11) is 0. The van der Waals surface area contributed by atoms with E-state index >= 15 is 0 Å². The molecule has 1 aromatic heterocycles. The highest BCUT2D eigenvalue weighted by atomic mass is 16.3. The number of carbonyl (C=O) groups excluding carboxylic acids is 1. The van der Waals surface area contributed by atoms with Gasteiger partial charge in [0.15, 0.2) is 0 Å². The zero-order valence-corrected chi connectivity index (χ0v) is 13.3. The van der Waals surface area contributed by atoms with E-state index in [1.54, 1.807) is 0 Å². The van der Waals surface area contributed by atoms with Gasteiger partial charge in [0.05, 0.1) is 11.4 Å². The molecule has 0 radical (unpaired) electrons. The SMILES string of the molecule is NC[C@H](Cc1cccc(C(O)c2cccc3cc[nH]c23)c1)C(N)=O. The van der Waals surface area contributed by atoms with Crippen LogP contribution in [-0.4, -0.2) is 22.5 Å². The van der Waals surface area contributed by atoms with Gasteiger partial charge in [0.1, 0.15) is 6.10 Å². The van der Waals surface area contributed by atoms with E-state index < -0.39 is 17.9 Å². The zero-order chi connectivity index (χ0) is 17.1. The molecule has 5 nitrogen and oxygen atoms in total. The fourth-order valence-corrected chi connectivity index (χ4v) is 2.99. The van der Waals surface area contributed by atoms with E-state index in [-0.39, 0.29) is 6.54 Å². The zero-order valence-electron chi connectivity index (χ0n) is 13.3. The number of hydrogen-bond acceptors (Lipinski definition) is 3. The molecular formula is C19H21N3O2. The van der Waals surface area contributed by atoms with Crippen LogP contribution in [-0.2, 0) is 11.2 Å². The number of rotatable bonds is 6. The van der Waals surface area contributed by atoms with Crippen molar-refractivity contribution in [2.75, 3.05) is 6.54 Å². The second kappa shape index (κ2) is 6.86. The van der Waals surface area contributed by atoms with Gasteiger partial charge < -0.3 is 21.6 Å². The summed E-state index contributed by atoms with van der Waals surface area (Å²) < 4.78 is 0. The molecule has 0 aliphatic rings. The van der Waals surface area contributed by atoms with Crippen LogP contribution < -0.4 is 11.5 Å². The Morgan fingerprint density at radius 3 is 2.71 bits per heavy atom. The van der Waals surface area contributed by atoms with Crippen molar-refractivity contribution < 1.29 is 9.90 Å². The summed E-state index contributed by atoms with van der Waals surface area (Å²) in [5.74, 6) is -0.802. The molecule has 0 aliphatic heterocycles. The molecule has 0 aliphatic carbocycles. The predicted octanol–water partition coefficient (Wildman–Crippen LogP) is 1.85. The number of amides is 1. The molecule has 124 valence electrons. The summed E-state index contributed by atoms with van der Waals surface area (Å²) >= 11 is 0. The van der Waals surface area contributed by atoms with Crippen LogP contribution in [0.3, 0.4) is 0 Å². The van der Waals surface area contributed by atoms with E-state index in [1.165, 1.54) is 0 Å². The minimum absolute atomic E-state index is 0.212. The van der Waals surface area contributed by atoms with Gasteiger partial charge in [0.2, 0.25) is 5.91 Å². The number of fused-ring (bicyclic) bond motifs is 1. The number of aliphatic hydroxyl groups is 1. The third kappa shape index (κ3) is 3.18. The summed E-state index contributed by atoms with van der Waals surface area (Å²) in [5, 5.41) is 11.9. The molecule has 24 heavy (non-hydrogen) atoms. The first-order chi connectivity index (χ1) is 11.6. The van der Waals surface area contributed by atoms with Gasteiger partial charge in [-0.25, -0.2) is 0 Å². The van der Waals surface area contributed by atoms with Crippen LogP contribution >= 0.6 is 0 Å². The maximum atomic E-state index is 11.4. The summed E-state index contributed by atoms with van der Waals surface area (Å²) in [6.45, 7) is 0.212. The van der Waals surface area contributed by atoms with Gasteiger partial charge >= 0.3 is 0 Å². The summed E-state index contributed by atoms with van der Waals surface area (Å²) in [6.07, 6.45) is 1.58. The minimum atomic E-state index is -0.753. The summed E-state index contributed by atoms with van der Waals surface area (Å²) in [4.78, 5) is 14.6. The number of nitrogens with two attached hydrogens (primary N) is 2. The highest BCUT2D eigenvalue weighted by Crippen LogP contribution is 2.28. The first kappa shape index (κ1) is 16.2. The van der Waals surface area contributed by atoms with E-state index in [0.717, 1.165) is 27.6 Å². The number of nitrogens with one attached hydrogen (secondary N) is 1. The quantitative estimate of drug-likeness (QED) is 0.556. The number of aromatic amines is 1. The van der Waals surface area contributed by atoms with Crippen molar-refractivity contribution in [1.82, 2.24) is 4.98 Å². The van der Waals surface area contributed by atoms with Gasteiger partial charge in [-0.1, -0.05) is 42.5 Å². The third-order valence-electron chi connectivity index (χ3n) is 4.35. The number of aliphatic hydroxyl groups excluding tert-OH is 1. The molecule has 2 atom stereocenters. The van der Waals surface area contributed by atoms with Crippen LogP contribution in [0.5, 0.6) is 0 Å². The lowest BCUT2D eigenvalue weighted by molar-refractivity contribution is -0.121. The Morgan fingerprint density at radius 1 is 1.17 bits per heavy atom. The van der Waals surface area contributed by atoms with Gasteiger partial charge in [0, 0.05) is 18.3 Å². The van der Waals surface area contributed by atoms with Gasteiger partial charge in [-0.3, -0.25) is 4.79 Å². The Labute approximate surface area is 140 Å². The van der Waals surface area contributed by atoms with Crippen LogP contribution in [0, 0.1) is 5.92 Å². The van der Waals surface area contributed by atoms with Crippen LogP contribution in [0.2, 0.25) is 0 Å². The Kier molecular flexibility index (Phi) is 4.64. The Morgan fingerprint density at radius 2 is 1.96 bits per heavy atom. The number of carbonyl (C=O) groups is 1. The number of primary amides is 1. The first-order valence-corrected chi connectivity index (χ1v) is 7.92. The Bertz CT molecular complexity index is 856. The highest BCUT2D eigenvalue weighted by molar-refractivity contribution is 5.83. The lowest BCUT2D eigenvalue weighted by Crippen LogP contribution is -2.31. The van der Waals surface area contributed by atoms with Crippen molar-refractivity contribution in [2.24, 2.45) is 17.4 Å². The second-order valence-electron chi connectivity index (χ2n) is 5.98. The molecule has 0 bridgehead atoms. The Balaban J connectivity index is 1.91. The predicted molar refractivity (Wildman–Crippen MR) is 94.2 cm³/mol. The summed E-state index contributed by atoms with van der Waals surface area (Å²) in [5.41, 5.74) is 14.4. The largest absolute Gasteiger partial charge is 0.384 e. The van der Waals surface area contributed by atoms with Crippen molar-refractivity contribution in [1.29, 1.82) is 0 Å². The molecule has 2 aromatic carbocycles. The lowest BCUT2D eigenvalue weighted by atomic mass is 9.94. The maximum absolute atomic E-state index is 11.4. The standard InChI is InChI=1S/C19H21N3O2/c20-11-15(19(21)24)10-12-3-1-5-14(9-12)18(23)16-6-2-4-13-7-8-22-17(13)16/h1-9,15,18,22-23H,10-11,20H2,(H2,21,24)/t15-,18?/m0/s1. The molecule has 6 N–H and O–H groups in total. The molecule has 3 rings (SSSR count). The van der Waals surface area contributed by atoms with Gasteiger partial charge in [-0.15, -0.1) is 0 Å². The monoisotopic (exact) mass is 323 g/mol. The molecule has 1 unspecified atom stereocenters. The molecule has 0 saturated carbocycles. The van der Waals surface area contributed by atoms with E-state index in [9.17, 15) is 9.90 Å². The number of aromatic nitrogens is 1. The number of para-hydroxylation sites is 1. The fourth-order valence-electron chi connectivity index (χ4n) is 2.99. The third-order valence-corrected chi connectivity index (χ3v) is 4.35. The van der Waals surface area contributed by atoms with Crippen molar-refractivity contribution in [3.05, 3.63) is 71.4 Å². The normalized spacial score (nSPS) is 13.8. The molecule has 1 heterocycles. The Hall–Kier alpha value is -2.63. The minimum Gasteiger partial charge on any atom is -0.384 e. The molecule has 1 amide bonds. The van der Waals surface area contributed by atoms with Crippen molar-refractivity contribution in [3.63, 3.8) is 0 Å². The average molecular weight is 323 g/mol. The van der Waals surface area contributed by atoms with E-state index in [2.05, 4.69) is 4.98 Å². The van der Waals surface area contributed by atoms with Crippen molar-refractivity contribution in [2.45, 2.75) is 12.5 Å². The molecule has 0 fully saturated rings. The van der Waals surface area contributed by atoms with E-state index in [1.807, 2.05) is 54.7 Å². The average Bonchev–Trinajstić information content (AvgIpc) is 3.07. The summed E-state index contributed by atoms with van der Waals surface area (Å²) in [6, 6.07) is 15.4. The van der Waals surface area contributed by atoms with E-state index in [0.29, 0.717) is 6.42 Å². The van der Waals surface area contributed by atoms with Crippen molar-refractivity contribution in [3.8, 4) is 0 Å². The van der Waals surface area contributed by atoms with Crippen LogP contribution in [0.4, 0.5) is 0 Å². The molecule has 3 aromatic rings. The number of hydrogen-bond donors (Lipinski definition) is 4. The molecule has 0 saturated heterocycles. The lowest BCUT2D eigenvalue weighted by Gasteiger charge is -2.15. The molecule has 5 heteroatoms. The van der Waals surface area contributed by atoms with Crippen molar-refractivity contribution >= 4 is 16.8 Å². The fraction of sp³-hybridized carbons (Fsp3) is 0.211. The first-order valence-electron chi connectivity index (χ1n) is 7.92. The molecule has 0 spiro atoms. The van der Waals surface area contributed by atoms with E-state index in [4.69, 9.17) is 11.5 Å². The smallest absolute Gasteiger partial charge is 0.222 e. The number of H-pyrrole nitrogens is 1. The number of benzene rings is 2. The second-order valence-corrected chi connectivity index (χ2v) is 5.98. The topological polar surface area (TPSA) is 105 Å². The van der Waals surface area contributed by atoms with Gasteiger partial charge in [0.25, 0.3) is 0 Å². The highest BCUT2D eigenvalue weighted by Gasteiger charge is 2.17. The van der Waals surface area contributed by atoms with Crippen LogP contribution in [0.15, 0.2) is 54.7 Å². The molecular weight excluding hydrogens is 302 g/mol. The van der Waals surface area contributed by atoms with Crippen LogP contribution in [0.25, 0.3) is 10.9 Å². The van der Waals surface area contributed by atoms with Gasteiger partial charge in [-0.2, -0.15) is 0 Å². The van der Waals surface area contributed by atoms with Gasteiger partial charge in [-0.05, 0) is 29.0 Å². The maximum Gasteiger partial charge on any atom is 0.222 e.